The van der Waals surface area contributed by atoms with E-state index >= 15 is 0 Å². The van der Waals surface area contributed by atoms with Gasteiger partial charge in [-0.25, -0.2) is 0 Å². The summed E-state index contributed by atoms with van der Waals surface area (Å²) in [5.74, 6) is 0.140. The molecule has 1 aromatic carbocycles. The van der Waals surface area contributed by atoms with Crippen LogP contribution in [0, 0.1) is 5.92 Å². The Balaban J connectivity index is 2.21. The second-order valence-corrected chi connectivity index (χ2v) is 4.94. The van der Waals surface area contributed by atoms with Crippen LogP contribution in [-0.4, -0.2) is 13.2 Å². The van der Waals surface area contributed by atoms with Crippen molar-refractivity contribution < 1.29 is 9.47 Å². The van der Waals surface area contributed by atoms with Gasteiger partial charge in [-0.05, 0) is 24.8 Å². The van der Waals surface area contributed by atoms with Crippen LogP contribution in [0.4, 0.5) is 0 Å². The first-order valence-corrected chi connectivity index (χ1v) is 5.97. The van der Waals surface area contributed by atoms with E-state index in [1.54, 1.807) is 0 Å². The molecule has 0 bridgehead atoms. The standard InChI is InChI=1S/C14H20O2/c1-11(2)9-12-5-4-6-13(10-12)14(3)15-7-8-16-14/h4-6,10-11H,7-9H2,1-3H3. The summed E-state index contributed by atoms with van der Waals surface area (Å²) in [6.45, 7) is 7.83. The highest BCUT2D eigenvalue weighted by atomic mass is 16.7. The van der Waals surface area contributed by atoms with Gasteiger partial charge in [-0.1, -0.05) is 38.1 Å². The van der Waals surface area contributed by atoms with Crippen molar-refractivity contribution in [2.45, 2.75) is 33.0 Å². The van der Waals surface area contributed by atoms with Gasteiger partial charge in [-0.2, -0.15) is 0 Å². The Kier molecular flexibility index (Phi) is 3.31. The van der Waals surface area contributed by atoms with Crippen molar-refractivity contribution >= 4 is 0 Å². The Morgan fingerprint density at radius 3 is 2.56 bits per heavy atom. The molecule has 0 amide bonds. The van der Waals surface area contributed by atoms with Gasteiger partial charge in [0.2, 0.25) is 0 Å². The van der Waals surface area contributed by atoms with Gasteiger partial charge in [-0.15, -0.1) is 0 Å². The molecule has 0 saturated carbocycles. The van der Waals surface area contributed by atoms with E-state index in [1.165, 1.54) is 5.56 Å². The minimum absolute atomic E-state index is 0.535. The van der Waals surface area contributed by atoms with Crippen molar-refractivity contribution in [3.05, 3.63) is 35.4 Å². The van der Waals surface area contributed by atoms with Crippen molar-refractivity contribution in [3.63, 3.8) is 0 Å². The number of hydrogen-bond donors (Lipinski definition) is 0. The van der Waals surface area contributed by atoms with Crippen LogP contribution in [-0.2, 0) is 21.7 Å². The van der Waals surface area contributed by atoms with E-state index in [4.69, 9.17) is 9.47 Å². The predicted octanol–water partition coefficient (Wildman–Crippen LogP) is 3.10. The molecule has 0 aliphatic carbocycles. The van der Waals surface area contributed by atoms with E-state index in [0.717, 1.165) is 12.0 Å². The fourth-order valence-corrected chi connectivity index (χ4v) is 2.13. The summed E-state index contributed by atoms with van der Waals surface area (Å²) in [4.78, 5) is 0. The molecule has 0 atom stereocenters. The highest BCUT2D eigenvalue weighted by Gasteiger charge is 2.32. The zero-order valence-electron chi connectivity index (χ0n) is 10.3. The molecule has 2 nitrogen and oxygen atoms in total. The summed E-state index contributed by atoms with van der Waals surface area (Å²) >= 11 is 0. The van der Waals surface area contributed by atoms with E-state index in [-0.39, 0.29) is 0 Å². The zero-order valence-corrected chi connectivity index (χ0v) is 10.3. The topological polar surface area (TPSA) is 18.5 Å². The maximum Gasteiger partial charge on any atom is 0.192 e. The van der Waals surface area contributed by atoms with Crippen molar-refractivity contribution in [1.82, 2.24) is 0 Å². The molecule has 1 fully saturated rings. The number of benzene rings is 1. The smallest absolute Gasteiger partial charge is 0.192 e. The van der Waals surface area contributed by atoms with Crippen LogP contribution in [0.2, 0.25) is 0 Å². The van der Waals surface area contributed by atoms with Gasteiger partial charge in [0.15, 0.2) is 5.79 Å². The third kappa shape index (κ3) is 2.45. The molecular weight excluding hydrogens is 200 g/mol. The van der Waals surface area contributed by atoms with Gasteiger partial charge in [0.25, 0.3) is 0 Å². The Hall–Kier alpha value is -0.860. The molecular formula is C14H20O2. The van der Waals surface area contributed by atoms with Crippen LogP contribution in [0.25, 0.3) is 0 Å². The molecule has 0 radical (unpaired) electrons. The van der Waals surface area contributed by atoms with E-state index in [0.29, 0.717) is 19.1 Å². The van der Waals surface area contributed by atoms with Crippen LogP contribution in [0.3, 0.4) is 0 Å². The van der Waals surface area contributed by atoms with Gasteiger partial charge in [0.05, 0.1) is 13.2 Å². The van der Waals surface area contributed by atoms with E-state index in [2.05, 4.69) is 38.1 Å². The second kappa shape index (κ2) is 4.56. The monoisotopic (exact) mass is 220 g/mol. The third-order valence-electron chi connectivity index (χ3n) is 2.93. The number of ether oxygens (including phenoxy) is 2. The van der Waals surface area contributed by atoms with Gasteiger partial charge in [0, 0.05) is 5.56 Å². The summed E-state index contributed by atoms with van der Waals surface area (Å²) in [6.07, 6.45) is 1.10. The molecule has 2 rings (SSSR count). The molecule has 0 N–H and O–H groups in total. The summed E-state index contributed by atoms with van der Waals surface area (Å²) in [6, 6.07) is 8.53. The lowest BCUT2D eigenvalue weighted by molar-refractivity contribution is -0.149. The van der Waals surface area contributed by atoms with Crippen molar-refractivity contribution in [2.75, 3.05) is 13.2 Å². The molecule has 1 aromatic rings. The normalized spacial score (nSPS) is 19.2. The quantitative estimate of drug-likeness (QED) is 0.779. The predicted molar refractivity (Wildman–Crippen MR) is 64.2 cm³/mol. The Morgan fingerprint density at radius 1 is 1.25 bits per heavy atom. The fraction of sp³-hybridized carbons (Fsp3) is 0.571. The first-order chi connectivity index (χ1) is 7.60. The lowest BCUT2D eigenvalue weighted by atomic mass is 9.98. The summed E-state index contributed by atoms with van der Waals surface area (Å²) in [5, 5.41) is 0. The molecule has 2 heteroatoms. The van der Waals surface area contributed by atoms with E-state index in [1.807, 2.05) is 6.92 Å². The van der Waals surface area contributed by atoms with Gasteiger partial charge in [0.1, 0.15) is 0 Å². The van der Waals surface area contributed by atoms with Gasteiger partial charge in [-0.3, -0.25) is 0 Å². The minimum atomic E-state index is -0.535. The first-order valence-electron chi connectivity index (χ1n) is 5.97. The minimum Gasteiger partial charge on any atom is -0.344 e. The van der Waals surface area contributed by atoms with Crippen LogP contribution in [0.5, 0.6) is 0 Å². The van der Waals surface area contributed by atoms with Crippen LogP contribution >= 0.6 is 0 Å². The average Bonchev–Trinajstić information content (AvgIpc) is 2.66. The number of rotatable bonds is 3. The lowest BCUT2D eigenvalue weighted by Crippen LogP contribution is -2.22. The highest BCUT2D eigenvalue weighted by Crippen LogP contribution is 2.31. The van der Waals surface area contributed by atoms with E-state index < -0.39 is 5.79 Å². The molecule has 1 aliphatic heterocycles. The summed E-state index contributed by atoms with van der Waals surface area (Å²) in [5.41, 5.74) is 2.48. The zero-order chi connectivity index (χ0) is 11.6. The summed E-state index contributed by atoms with van der Waals surface area (Å²) < 4.78 is 11.3. The van der Waals surface area contributed by atoms with Crippen LogP contribution in [0.1, 0.15) is 31.9 Å². The van der Waals surface area contributed by atoms with Crippen LogP contribution < -0.4 is 0 Å². The average molecular weight is 220 g/mol. The van der Waals surface area contributed by atoms with Crippen molar-refractivity contribution in [1.29, 1.82) is 0 Å². The molecule has 1 heterocycles. The maximum absolute atomic E-state index is 5.66. The molecule has 1 saturated heterocycles. The fourth-order valence-electron chi connectivity index (χ4n) is 2.13. The SMILES string of the molecule is CC(C)Cc1cccc(C2(C)OCCO2)c1. The molecule has 0 spiro atoms. The highest BCUT2D eigenvalue weighted by molar-refractivity contribution is 5.27. The van der Waals surface area contributed by atoms with Crippen LogP contribution in [0.15, 0.2) is 24.3 Å². The Bertz CT molecular complexity index is 352. The Morgan fingerprint density at radius 2 is 1.94 bits per heavy atom. The van der Waals surface area contributed by atoms with Gasteiger partial charge >= 0.3 is 0 Å². The Labute approximate surface area is 97.6 Å². The molecule has 16 heavy (non-hydrogen) atoms. The molecule has 0 unspecified atom stereocenters. The third-order valence-corrected chi connectivity index (χ3v) is 2.93. The second-order valence-electron chi connectivity index (χ2n) is 4.94. The van der Waals surface area contributed by atoms with Crippen molar-refractivity contribution in [2.24, 2.45) is 5.92 Å². The lowest BCUT2D eigenvalue weighted by Gasteiger charge is -2.23. The summed E-state index contributed by atoms with van der Waals surface area (Å²) in [7, 11) is 0. The first kappa shape index (κ1) is 11.6. The van der Waals surface area contributed by atoms with E-state index in [9.17, 15) is 0 Å². The molecule has 1 aliphatic rings. The van der Waals surface area contributed by atoms with Crippen molar-refractivity contribution in [3.8, 4) is 0 Å². The maximum atomic E-state index is 5.66. The number of hydrogen-bond acceptors (Lipinski definition) is 2. The molecule has 0 aromatic heterocycles. The molecule has 88 valence electrons. The van der Waals surface area contributed by atoms with Gasteiger partial charge < -0.3 is 9.47 Å². The largest absolute Gasteiger partial charge is 0.344 e.